The molecule has 178 valence electrons. The Labute approximate surface area is 202 Å². The molecule has 3 aromatic carbocycles. The molecule has 8 heteroatoms. The standard InChI is InChI=1S/C27H24FN3O4/c1-17-24(31-27(35-17)20-9-6-10-21(14-20)30-25(32)16-34-2)15-29-26(33)19-8-5-7-18(13-19)22-11-3-4-12-23(22)28/h3-14H,15-16H2,1-2H3,(H,29,33)(H,30,32). The zero-order valence-electron chi connectivity index (χ0n) is 19.3. The second-order valence-corrected chi connectivity index (χ2v) is 7.83. The maximum absolute atomic E-state index is 14.1. The summed E-state index contributed by atoms with van der Waals surface area (Å²) in [7, 11) is 1.45. The van der Waals surface area contributed by atoms with Gasteiger partial charge in [0.05, 0.1) is 6.54 Å². The van der Waals surface area contributed by atoms with Crippen LogP contribution in [0.5, 0.6) is 0 Å². The highest BCUT2D eigenvalue weighted by molar-refractivity contribution is 5.95. The summed E-state index contributed by atoms with van der Waals surface area (Å²) < 4.78 is 24.8. The van der Waals surface area contributed by atoms with Gasteiger partial charge in [-0.25, -0.2) is 9.37 Å². The van der Waals surface area contributed by atoms with Crippen LogP contribution in [0, 0.1) is 12.7 Å². The Morgan fingerprint density at radius 2 is 1.77 bits per heavy atom. The third-order valence-electron chi connectivity index (χ3n) is 5.29. The molecule has 0 aliphatic rings. The van der Waals surface area contributed by atoms with E-state index in [4.69, 9.17) is 9.15 Å². The summed E-state index contributed by atoms with van der Waals surface area (Å²) in [6, 6.07) is 20.3. The lowest BCUT2D eigenvalue weighted by Gasteiger charge is -2.07. The SMILES string of the molecule is COCC(=O)Nc1cccc(-c2nc(CNC(=O)c3cccc(-c4ccccc4F)c3)c(C)o2)c1. The number of amides is 2. The molecule has 0 saturated heterocycles. The van der Waals surface area contributed by atoms with E-state index in [-0.39, 0.29) is 30.8 Å². The molecule has 0 aliphatic carbocycles. The van der Waals surface area contributed by atoms with Crippen molar-refractivity contribution in [2.75, 3.05) is 19.0 Å². The maximum Gasteiger partial charge on any atom is 0.251 e. The fourth-order valence-electron chi connectivity index (χ4n) is 3.56. The van der Waals surface area contributed by atoms with Crippen LogP contribution < -0.4 is 10.6 Å². The van der Waals surface area contributed by atoms with Crippen molar-refractivity contribution in [1.29, 1.82) is 0 Å². The molecule has 0 bridgehead atoms. The Balaban J connectivity index is 1.45. The monoisotopic (exact) mass is 473 g/mol. The van der Waals surface area contributed by atoms with E-state index in [0.717, 1.165) is 0 Å². The summed E-state index contributed by atoms with van der Waals surface area (Å²) in [6.45, 7) is 1.87. The van der Waals surface area contributed by atoms with Crippen LogP contribution in [0.3, 0.4) is 0 Å². The van der Waals surface area contributed by atoms with Gasteiger partial charge in [0.2, 0.25) is 11.8 Å². The summed E-state index contributed by atoms with van der Waals surface area (Å²) in [5, 5.41) is 5.58. The minimum atomic E-state index is -0.349. The number of ether oxygens (including phenoxy) is 1. The van der Waals surface area contributed by atoms with Crippen molar-refractivity contribution in [3.63, 3.8) is 0 Å². The molecular weight excluding hydrogens is 449 g/mol. The van der Waals surface area contributed by atoms with Gasteiger partial charge in [-0.3, -0.25) is 9.59 Å². The van der Waals surface area contributed by atoms with Crippen molar-refractivity contribution in [1.82, 2.24) is 10.3 Å². The third kappa shape index (κ3) is 5.80. The largest absolute Gasteiger partial charge is 0.441 e. The Morgan fingerprint density at radius 1 is 1.00 bits per heavy atom. The number of methoxy groups -OCH3 is 1. The molecule has 4 rings (SSSR count). The number of halogens is 1. The van der Waals surface area contributed by atoms with E-state index >= 15 is 0 Å². The lowest BCUT2D eigenvalue weighted by molar-refractivity contribution is -0.119. The molecule has 2 amide bonds. The molecule has 0 fully saturated rings. The van der Waals surface area contributed by atoms with E-state index in [1.807, 2.05) is 6.07 Å². The maximum atomic E-state index is 14.1. The molecular formula is C27H24FN3O4. The zero-order valence-corrected chi connectivity index (χ0v) is 19.3. The van der Waals surface area contributed by atoms with Crippen LogP contribution in [-0.4, -0.2) is 30.5 Å². The van der Waals surface area contributed by atoms with Crippen LogP contribution in [0.1, 0.15) is 21.8 Å². The average molecular weight is 474 g/mol. The van der Waals surface area contributed by atoms with Crippen molar-refractivity contribution in [2.45, 2.75) is 13.5 Å². The van der Waals surface area contributed by atoms with Gasteiger partial charge >= 0.3 is 0 Å². The topological polar surface area (TPSA) is 93.5 Å². The smallest absolute Gasteiger partial charge is 0.251 e. The fraction of sp³-hybridized carbons (Fsp3) is 0.148. The lowest BCUT2D eigenvalue weighted by Crippen LogP contribution is -2.23. The van der Waals surface area contributed by atoms with Crippen molar-refractivity contribution in [3.8, 4) is 22.6 Å². The van der Waals surface area contributed by atoms with E-state index in [2.05, 4.69) is 15.6 Å². The first-order chi connectivity index (χ1) is 16.9. The first kappa shape index (κ1) is 23.8. The number of benzene rings is 3. The quantitative estimate of drug-likeness (QED) is 0.377. The fourth-order valence-corrected chi connectivity index (χ4v) is 3.56. The molecule has 0 atom stereocenters. The molecule has 1 heterocycles. The molecule has 0 radical (unpaired) electrons. The second-order valence-electron chi connectivity index (χ2n) is 7.83. The van der Waals surface area contributed by atoms with Crippen molar-refractivity contribution >= 4 is 17.5 Å². The van der Waals surface area contributed by atoms with Gasteiger partial charge in [0.25, 0.3) is 5.91 Å². The molecule has 7 nitrogen and oxygen atoms in total. The summed E-state index contributed by atoms with van der Waals surface area (Å²) in [5.74, 6) is 0.00853. The predicted octanol–water partition coefficient (Wildman–Crippen LogP) is 4.97. The number of hydrogen-bond donors (Lipinski definition) is 2. The molecule has 0 spiro atoms. The molecule has 1 aromatic heterocycles. The molecule has 35 heavy (non-hydrogen) atoms. The third-order valence-corrected chi connectivity index (χ3v) is 5.29. The van der Waals surface area contributed by atoms with E-state index < -0.39 is 0 Å². The molecule has 0 aliphatic heterocycles. The van der Waals surface area contributed by atoms with Crippen LogP contribution in [0.4, 0.5) is 10.1 Å². The van der Waals surface area contributed by atoms with E-state index in [1.165, 1.54) is 13.2 Å². The van der Waals surface area contributed by atoms with E-state index in [9.17, 15) is 14.0 Å². The number of anilines is 1. The number of oxazole rings is 1. The Hall–Kier alpha value is -4.30. The van der Waals surface area contributed by atoms with Crippen molar-refractivity contribution in [2.24, 2.45) is 0 Å². The predicted molar refractivity (Wildman–Crippen MR) is 130 cm³/mol. The van der Waals surface area contributed by atoms with Crippen LogP contribution in [0.2, 0.25) is 0 Å². The molecule has 2 N–H and O–H groups in total. The highest BCUT2D eigenvalue weighted by Gasteiger charge is 2.15. The first-order valence-corrected chi connectivity index (χ1v) is 10.9. The summed E-state index contributed by atoms with van der Waals surface area (Å²) in [4.78, 5) is 29.0. The first-order valence-electron chi connectivity index (χ1n) is 10.9. The average Bonchev–Trinajstić information content (AvgIpc) is 3.23. The minimum Gasteiger partial charge on any atom is -0.441 e. The number of nitrogens with one attached hydrogen (secondary N) is 2. The number of aryl methyl sites for hydroxylation is 1. The number of aromatic nitrogens is 1. The van der Waals surface area contributed by atoms with Gasteiger partial charge in [-0.05, 0) is 48.9 Å². The van der Waals surface area contributed by atoms with Crippen LogP contribution in [0.15, 0.2) is 77.2 Å². The number of carbonyl (C=O) groups is 2. The summed E-state index contributed by atoms with van der Waals surface area (Å²) >= 11 is 0. The van der Waals surface area contributed by atoms with Gasteiger partial charge in [-0.2, -0.15) is 0 Å². The van der Waals surface area contributed by atoms with E-state index in [0.29, 0.717) is 45.3 Å². The Kier molecular flexibility index (Phi) is 7.32. The Morgan fingerprint density at radius 3 is 2.57 bits per heavy atom. The van der Waals surface area contributed by atoms with Crippen LogP contribution in [0.25, 0.3) is 22.6 Å². The van der Waals surface area contributed by atoms with Gasteiger partial charge in [0.15, 0.2) is 0 Å². The second kappa shape index (κ2) is 10.8. The molecule has 0 unspecified atom stereocenters. The number of hydrogen-bond acceptors (Lipinski definition) is 5. The minimum absolute atomic E-state index is 0.0462. The van der Waals surface area contributed by atoms with E-state index in [1.54, 1.807) is 67.6 Å². The number of carbonyl (C=O) groups excluding carboxylic acids is 2. The molecule has 0 saturated carbocycles. The number of nitrogens with zero attached hydrogens (tertiary/aromatic N) is 1. The van der Waals surface area contributed by atoms with Crippen molar-refractivity contribution < 1.29 is 23.1 Å². The summed E-state index contributed by atoms with van der Waals surface area (Å²) in [6.07, 6.45) is 0. The van der Waals surface area contributed by atoms with Gasteiger partial charge < -0.3 is 19.8 Å². The van der Waals surface area contributed by atoms with Crippen molar-refractivity contribution in [3.05, 3.63) is 95.6 Å². The van der Waals surface area contributed by atoms with Gasteiger partial charge in [0.1, 0.15) is 23.9 Å². The lowest BCUT2D eigenvalue weighted by atomic mass is 10.0. The highest BCUT2D eigenvalue weighted by atomic mass is 19.1. The van der Waals surface area contributed by atoms with Crippen LogP contribution >= 0.6 is 0 Å². The van der Waals surface area contributed by atoms with Crippen LogP contribution in [-0.2, 0) is 16.1 Å². The molecule has 4 aromatic rings. The van der Waals surface area contributed by atoms with Gasteiger partial charge in [-0.15, -0.1) is 0 Å². The van der Waals surface area contributed by atoms with Gasteiger partial charge in [-0.1, -0.05) is 36.4 Å². The highest BCUT2D eigenvalue weighted by Crippen LogP contribution is 2.25. The normalized spacial score (nSPS) is 10.7. The van der Waals surface area contributed by atoms with Gasteiger partial charge in [0, 0.05) is 29.5 Å². The number of rotatable bonds is 8. The Bertz CT molecular complexity index is 1370. The zero-order chi connectivity index (χ0) is 24.8. The summed E-state index contributed by atoms with van der Waals surface area (Å²) in [5.41, 5.74) is 3.30.